The minimum atomic E-state index is 0.0308. The number of nitrogens with zero attached hydrogens (tertiary/aromatic N) is 2. The maximum Gasteiger partial charge on any atom is 0.242 e. The van der Waals surface area contributed by atoms with E-state index in [1.54, 1.807) is 0 Å². The monoisotopic (exact) mass is 348 g/mol. The van der Waals surface area contributed by atoms with Crippen LogP contribution in [-0.2, 0) is 11.3 Å². The number of carbonyl (C=O) groups is 1. The van der Waals surface area contributed by atoms with Crippen molar-refractivity contribution < 1.29 is 4.79 Å². The average molecular weight is 348 g/mol. The van der Waals surface area contributed by atoms with Crippen molar-refractivity contribution in [2.24, 2.45) is 5.92 Å². The van der Waals surface area contributed by atoms with E-state index < -0.39 is 0 Å². The van der Waals surface area contributed by atoms with Crippen molar-refractivity contribution in [2.75, 3.05) is 13.1 Å². The third-order valence-electron chi connectivity index (χ3n) is 5.19. The van der Waals surface area contributed by atoms with Crippen LogP contribution in [0, 0.1) is 5.92 Å². The molecule has 4 rings (SSSR count). The van der Waals surface area contributed by atoms with Crippen LogP contribution in [0.5, 0.6) is 0 Å². The van der Waals surface area contributed by atoms with E-state index in [1.807, 2.05) is 58.0 Å². The van der Waals surface area contributed by atoms with Gasteiger partial charge in [0.2, 0.25) is 5.91 Å². The number of rotatable bonds is 6. The Bertz CT molecular complexity index is 957. The van der Waals surface area contributed by atoms with E-state index in [9.17, 15) is 9.59 Å². The lowest BCUT2D eigenvalue weighted by atomic mass is 10.1. The van der Waals surface area contributed by atoms with Crippen molar-refractivity contribution in [1.29, 1.82) is 0 Å². The van der Waals surface area contributed by atoms with Crippen molar-refractivity contribution in [3.63, 3.8) is 0 Å². The van der Waals surface area contributed by atoms with Crippen molar-refractivity contribution in [3.8, 4) is 0 Å². The predicted molar refractivity (Wildman–Crippen MR) is 105 cm³/mol. The van der Waals surface area contributed by atoms with Gasteiger partial charge in [0.1, 0.15) is 6.54 Å². The van der Waals surface area contributed by atoms with Gasteiger partial charge in [0.15, 0.2) is 5.43 Å². The van der Waals surface area contributed by atoms with Crippen molar-refractivity contribution in [3.05, 3.63) is 58.8 Å². The molecule has 3 aromatic rings. The Labute approximate surface area is 153 Å². The van der Waals surface area contributed by atoms with E-state index in [0.29, 0.717) is 16.7 Å². The van der Waals surface area contributed by atoms with Crippen LogP contribution in [0.2, 0.25) is 0 Å². The molecule has 1 saturated carbocycles. The number of benzene rings is 2. The highest BCUT2D eigenvalue weighted by Gasteiger charge is 2.26. The largest absolute Gasteiger partial charge is 0.341 e. The zero-order valence-electron chi connectivity index (χ0n) is 15.1. The summed E-state index contributed by atoms with van der Waals surface area (Å²) in [4.78, 5) is 27.9. The van der Waals surface area contributed by atoms with Crippen LogP contribution < -0.4 is 5.43 Å². The molecule has 1 amide bonds. The molecule has 0 spiro atoms. The molecule has 1 aliphatic rings. The van der Waals surface area contributed by atoms with Crippen LogP contribution in [0.3, 0.4) is 0 Å². The first-order valence-corrected chi connectivity index (χ1v) is 9.47. The number of hydrogen-bond donors (Lipinski definition) is 0. The number of amides is 1. The van der Waals surface area contributed by atoms with Crippen LogP contribution in [0.25, 0.3) is 21.8 Å². The molecule has 2 aromatic carbocycles. The van der Waals surface area contributed by atoms with Crippen molar-refractivity contribution >= 4 is 27.7 Å². The number of fused-ring (bicyclic) bond motifs is 2. The highest BCUT2D eigenvalue weighted by molar-refractivity contribution is 5.94. The van der Waals surface area contributed by atoms with E-state index in [0.717, 1.165) is 30.5 Å². The maximum atomic E-state index is 13.1. The van der Waals surface area contributed by atoms with Gasteiger partial charge in [0.05, 0.1) is 11.0 Å². The second-order valence-electron chi connectivity index (χ2n) is 7.23. The Morgan fingerprint density at radius 2 is 1.62 bits per heavy atom. The molecule has 26 heavy (non-hydrogen) atoms. The quantitative estimate of drug-likeness (QED) is 0.636. The van der Waals surface area contributed by atoms with Gasteiger partial charge in [-0.2, -0.15) is 0 Å². The molecular weight excluding hydrogens is 324 g/mol. The Morgan fingerprint density at radius 1 is 1.04 bits per heavy atom. The summed E-state index contributed by atoms with van der Waals surface area (Å²) in [6, 6.07) is 15.2. The second-order valence-corrected chi connectivity index (χ2v) is 7.23. The molecule has 1 aromatic heterocycles. The summed E-state index contributed by atoms with van der Waals surface area (Å²) < 4.78 is 2.00. The predicted octanol–water partition coefficient (Wildman–Crippen LogP) is 3.80. The zero-order chi connectivity index (χ0) is 18.1. The molecule has 0 aliphatic heterocycles. The molecule has 1 fully saturated rings. The van der Waals surface area contributed by atoms with E-state index >= 15 is 0 Å². The Morgan fingerprint density at radius 3 is 2.15 bits per heavy atom. The molecule has 0 bridgehead atoms. The van der Waals surface area contributed by atoms with Gasteiger partial charge in [-0.3, -0.25) is 9.59 Å². The van der Waals surface area contributed by atoms with Crippen LogP contribution in [-0.4, -0.2) is 28.5 Å². The fraction of sp³-hybridized carbons (Fsp3) is 0.364. The van der Waals surface area contributed by atoms with Gasteiger partial charge < -0.3 is 9.47 Å². The molecule has 134 valence electrons. The standard InChI is InChI=1S/C22H24N2O2/c1-2-13-23(14-16-11-12-16)21(25)15-24-19-9-5-3-7-17(19)22(26)18-8-4-6-10-20(18)24/h3-10,16H,2,11-15H2,1H3. The van der Waals surface area contributed by atoms with Gasteiger partial charge in [-0.25, -0.2) is 0 Å². The molecular formula is C22H24N2O2. The Hall–Kier alpha value is -2.62. The lowest BCUT2D eigenvalue weighted by Crippen LogP contribution is -2.36. The normalized spacial score (nSPS) is 14.0. The van der Waals surface area contributed by atoms with E-state index in [4.69, 9.17) is 0 Å². The number of carbonyl (C=O) groups excluding carboxylic acids is 1. The van der Waals surface area contributed by atoms with Gasteiger partial charge >= 0.3 is 0 Å². The molecule has 4 heteroatoms. The number of aromatic nitrogens is 1. The second kappa shape index (κ2) is 6.94. The minimum absolute atomic E-state index is 0.0308. The SMILES string of the molecule is CCCN(CC1CC1)C(=O)Cn1c2ccccc2c(=O)c2ccccc21. The number of hydrogen-bond acceptors (Lipinski definition) is 2. The molecule has 0 atom stereocenters. The summed E-state index contributed by atoms with van der Waals surface area (Å²) in [6.45, 7) is 4.04. The molecule has 1 heterocycles. The molecule has 0 radical (unpaired) electrons. The van der Waals surface area contributed by atoms with Gasteiger partial charge in [0, 0.05) is 23.9 Å². The van der Waals surface area contributed by atoms with Crippen LogP contribution in [0.1, 0.15) is 26.2 Å². The minimum Gasteiger partial charge on any atom is -0.341 e. The first kappa shape index (κ1) is 16.8. The highest BCUT2D eigenvalue weighted by Crippen LogP contribution is 2.30. The average Bonchev–Trinajstić information content (AvgIpc) is 3.49. The first-order chi connectivity index (χ1) is 12.7. The lowest BCUT2D eigenvalue weighted by Gasteiger charge is -2.24. The van der Waals surface area contributed by atoms with Gasteiger partial charge in [-0.05, 0) is 49.4 Å². The van der Waals surface area contributed by atoms with Gasteiger partial charge in [0.25, 0.3) is 0 Å². The third kappa shape index (κ3) is 3.12. The van der Waals surface area contributed by atoms with E-state index in [2.05, 4.69) is 6.92 Å². The molecule has 1 aliphatic carbocycles. The first-order valence-electron chi connectivity index (χ1n) is 9.47. The third-order valence-corrected chi connectivity index (χ3v) is 5.19. The van der Waals surface area contributed by atoms with E-state index in [-0.39, 0.29) is 17.9 Å². The maximum absolute atomic E-state index is 13.1. The fourth-order valence-electron chi connectivity index (χ4n) is 3.68. The summed E-state index contributed by atoms with van der Waals surface area (Å²) in [5.74, 6) is 0.811. The summed E-state index contributed by atoms with van der Waals surface area (Å²) in [5, 5.41) is 1.34. The number of para-hydroxylation sites is 2. The highest BCUT2D eigenvalue weighted by atomic mass is 16.2. The Kier molecular flexibility index (Phi) is 4.49. The van der Waals surface area contributed by atoms with Gasteiger partial charge in [-0.15, -0.1) is 0 Å². The van der Waals surface area contributed by atoms with Crippen LogP contribution >= 0.6 is 0 Å². The number of pyridine rings is 1. The van der Waals surface area contributed by atoms with Gasteiger partial charge in [-0.1, -0.05) is 31.2 Å². The summed E-state index contributed by atoms with van der Waals surface area (Å²) in [6.07, 6.45) is 3.43. The van der Waals surface area contributed by atoms with Crippen molar-refractivity contribution in [1.82, 2.24) is 9.47 Å². The van der Waals surface area contributed by atoms with Crippen molar-refractivity contribution in [2.45, 2.75) is 32.7 Å². The smallest absolute Gasteiger partial charge is 0.242 e. The zero-order valence-corrected chi connectivity index (χ0v) is 15.1. The molecule has 0 N–H and O–H groups in total. The topological polar surface area (TPSA) is 42.3 Å². The molecule has 4 nitrogen and oxygen atoms in total. The summed E-state index contributed by atoms with van der Waals surface area (Å²) >= 11 is 0. The van der Waals surface area contributed by atoms with E-state index in [1.165, 1.54) is 12.8 Å². The van der Waals surface area contributed by atoms with Crippen LogP contribution in [0.15, 0.2) is 53.3 Å². The molecule has 0 unspecified atom stereocenters. The summed E-state index contributed by atoms with van der Waals surface area (Å²) in [7, 11) is 0. The van der Waals surface area contributed by atoms with Crippen LogP contribution in [0.4, 0.5) is 0 Å². The lowest BCUT2D eigenvalue weighted by molar-refractivity contribution is -0.132. The molecule has 0 saturated heterocycles. The summed E-state index contributed by atoms with van der Waals surface area (Å²) in [5.41, 5.74) is 1.68. The Balaban J connectivity index is 1.80. The fourth-order valence-corrected chi connectivity index (χ4v) is 3.68.